The number of benzene rings is 1. The smallest absolute Gasteiger partial charge is 0.351 e. The minimum Gasteiger partial charge on any atom is -0.458 e. The molecule has 13 heteroatoms. The molecule has 1 aromatic heterocycles. The normalized spacial score (nSPS) is 25.7. The van der Waals surface area contributed by atoms with Gasteiger partial charge >= 0.3 is 20.2 Å². The molecule has 2 N–H and O–H groups in total. The Kier molecular flexibility index (Phi) is 7.37. The molecule has 35 heavy (non-hydrogen) atoms. The first kappa shape index (κ1) is 25.4. The van der Waals surface area contributed by atoms with Crippen LogP contribution in [0.25, 0.3) is 0 Å². The highest BCUT2D eigenvalue weighted by molar-refractivity contribution is 7.45. The first-order chi connectivity index (χ1) is 16.6. The predicted octanol–water partition coefficient (Wildman–Crippen LogP) is 3.21. The largest absolute Gasteiger partial charge is 0.458 e. The second-order valence-corrected chi connectivity index (χ2v) is 10.1. The van der Waals surface area contributed by atoms with Crippen LogP contribution in [-0.2, 0) is 18.8 Å². The molecule has 2 fully saturated rings. The van der Waals surface area contributed by atoms with E-state index in [2.05, 4.69) is 15.4 Å². The number of alkyl halides is 2. The van der Waals surface area contributed by atoms with Crippen LogP contribution in [0, 0.1) is 0 Å². The number of aromatic nitrogens is 2. The number of carbonyl (C=O) groups is 1. The van der Waals surface area contributed by atoms with Crippen LogP contribution in [0.3, 0.4) is 0 Å². The maximum atomic E-state index is 14.8. The number of nitrogens with one attached hydrogen (secondary N) is 2. The second kappa shape index (κ2) is 10.1. The minimum absolute atomic E-state index is 0.250. The number of carbonyl (C=O) groups excluding carboxylic acids is 1. The van der Waals surface area contributed by atoms with Crippen molar-refractivity contribution in [2.24, 2.45) is 0 Å². The second-order valence-electron chi connectivity index (χ2n) is 8.85. The molecule has 0 bridgehead atoms. The summed E-state index contributed by atoms with van der Waals surface area (Å²) in [5.41, 5.74) is -1.50. The standard InChI is InChI=1S/C22H27F2N4O6P/c1-21(2)12-16(18(29)33-21)27-35(34-14-7-5-4-6-8-14)31-13-15-11-22(23,24)19(32-15)28-10-9-17(25-3)26-20(28)30/h4-10,15-16,19,27H,11-13H2,1-3H3,(H,25,26,30). The molecule has 4 rings (SSSR count). The number of rotatable bonds is 9. The van der Waals surface area contributed by atoms with Gasteiger partial charge in [-0.1, -0.05) is 18.2 Å². The van der Waals surface area contributed by atoms with Crippen molar-refractivity contribution in [3.63, 3.8) is 0 Å². The Morgan fingerprint density at radius 1 is 1.20 bits per heavy atom. The fourth-order valence-corrected chi connectivity index (χ4v) is 5.08. The summed E-state index contributed by atoms with van der Waals surface area (Å²) in [5, 5.41) is 5.69. The van der Waals surface area contributed by atoms with Crippen molar-refractivity contribution in [1.82, 2.24) is 14.6 Å². The van der Waals surface area contributed by atoms with Crippen LogP contribution in [0.4, 0.5) is 14.6 Å². The molecule has 0 amide bonds. The summed E-state index contributed by atoms with van der Waals surface area (Å²) >= 11 is 0. The monoisotopic (exact) mass is 512 g/mol. The Morgan fingerprint density at radius 3 is 2.57 bits per heavy atom. The van der Waals surface area contributed by atoms with E-state index in [1.54, 1.807) is 45.2 Å². The van der Waals surface area contributed by atoms with Gasteiger partial charge in [0, 0.05) is 26.1 Å². The van der Waals surface area contributed by atoms with Crippen molar-refractivity contribution in [2.75, 3.05) is 19.0 Å². The predicted molar refractivity (Wildman–Crippen MR) is 123 cm³/mol. The molecule has 0 aliphatic carbocycles. The first-order valence-corrected chi connectivity index (χ1v) is 12.2. The number of hydrogen-bond acceptors (Lipinski definition) is 9. The van der Waals surface area contributed by atoms with Crippen LogP contribution in [0.15, 0.2) is 47.4 Å². The zero-order chi connectivity index (χ0) is 25.2. The van der Waals surface area contributed by atoms with Crippen LogP contribution in [0.2, 0.25) is 0 Å². The zero-order valence-corrected chi connectivity index (χ0v) is 20.3. The van der Waals surface area contributed by atoms with Gasteiger partial charge in [0.15, 0.2) is 0 Å². The molecule has 4 atom stereocenters. The van der Waals surface area contributed by atoms with Crippen molar-refractivity contribution in [3.05, 3.63) is 53.1 Å². The third-order valence-electron chi connectivity index (χ3n) is 5.45. The van der Waals surface area contributed by atoms with E-state index in [4.69, 9.17) is 18.5 Å². The highest BCUT2D eigenvalue weighted by Crippen LogP contribution is 2.44. The van der Waals surface area contributed by atoms with Gasteiger partial charge in [0.25, 0.3) is 5.92 Å². The van der Waals surface area contributed by atoms with Crippen LogP contribution >= 0.6 is 8.53 Å². The summed E-state index contributed by atoms with van der Waals surface area (Å²) < 4.78 is 52.8. The van der Waals surface area contributed by atoms with Gasteiger partial charge in [-0.3, -0.25) is 9.36 Å². The van der Waals surface area contributed by atoms with Gasteiger partial charge in [0.05, 0.1) is 12.7 Å². The van der Waals surface area contributed by atoms with Gasteiger partial charge in [-0.25, -0.2) is 18.7 Å². The average molecular weight is 512 g/mol. The number of para-hydroxylation sites is 1. The van der Waals surface area contributed by atoms with Crippen LogP contribution in [0.5, 0.6) is 5.75 Å². The molecule has 0 saturated carbocycles. The van der Waals surface area contributed by atoms with E-state index in [9.17, 15) is 18.4 Å². The molecular weight excluding hydrogens is 485 g/mol. The Hall–Kier alpha value is -2.66. The van der Waals surface area contributed by atoms with Crippen molar-refractivity contribution >= 4 is 20.3 Å². The molecule has 4 unspecified atom stereocenters. The van der Waals surface area contributed by atoms with E-state index in [0.717, 1.165) is 4.57 Å². The number of anilines is 1. The molecule has 10 nitrogen and oxygen atoms in total. The molecule has 0 spiro atoms. The van der Waals surface area contributed by atoms with Gasteiger partial charge in [-0.05, 0) is 32.0 Å². The third kappa shape index (κ3) is 6.13. The fraction of sp³-hybridized carbons (Fsp3) is 0.500. The lowest BCUT2D eigenvalue weighted by molar-refractivity contribution is -0.147. The Bertz CT molecular complexity index is 1100. The lowest BCUT2D eigenvalue weighted by Gasteiger charge is -2.22. The molecule has 1 aromatic carbocycles. The van der Waals surface area contributed by atoms with Crippen molar-refractivity contribution in [1.29, 1.82) is 0 Å². The summed E-state index contributed by atoms with van der Waals surface area (Å²) in [5.74, 6) is -3.02. The summed E-state index contributed by atoms with van der Waals surface area (Å²) in [6, 6.07) is 9.51. The maximum Gasteiger partial charge on any atom is 0.351 e. The third-order valence-corrected chi connectivity index (χ3v) is 6.73. The zero-order valence-electron chi connectivity index (χ0n) is 19.4. The van der Waals surface area contributed by atoms with E-state index < -0.39 is 56.5 Å². The van der Waals surface area contributed by atoms with Gasteiger partial charge in [-0.2, -0.15) is 4.98 Å². The quantitative estimate of drug-likeness (QED) is 0.386. The van der Waals surface area contributed by atoms with E-state index in [1.165, 1.54) is 12.3 Å². The SMILES string of the molecule is CNc1ccn(C2OC(COP(NC3CC(C)(C)OC3=O)Oc3ccccc3)CC2(F)F)c(=O)n1. The number of ether oxygens (including phenoxy) is 2. The summed E-state index contributed by atoms with van der Waals surface area (Å²) in [6.45, 7) is 3.34. The topological polar surface area (TPSA) is 113 Å². The van der Waals surface area contributed by atoms with Gasteiger partial charge < -0.3 is 23.8 Å². The van der Waals surface area contributed by atoms with Gasteiger partial charge in [-0.15, -0.1) is 0 Å². The molecule has 2 saturated heterocycles. The molecule has 2 aliphatic heterocycles. The summed E-state index contributed by atoms with van der Waals surface area (Å²) in [6.07, 6.45) is -1.90. The van der Waals surface area contributed by atoms with Crippen LogP contribution in [0.1, 0.15) is 32.9 Å². The number of halogens is 2. The molecule has 0 radical (unpaired) electrons. The Balaban J connectivity index is 1.44. The van der Waals surface area contributed by atoms with Crippen molar-refractivity contribution in [3.8, 4) is 5.75 Å². The number of esters is 1. The van der Waals surface area contributed by atoms with Crippen molar-refractivity contribution in [2.45, 2.75) is 56.6 Å². The van der Waals surface area contributed by atoms with Gasteiger partial charge in [0.1, 0.15) is 23.2 Å². The highest BCUT2D eigenvalue weighted by atomic mass is 31.2. The molecule has 2 aliphatic rings. The maximum absolute atomic E-state index is 14.8. The summed E-state index contributed by atoms with van der Waals surface area (Å²) in [7, 11) is -0.344. The molecule has 190 valence electrons. The lowest BCUT2D eigenvalue weighted by atomic mass is 10.0. The minimum atomic E-state index is -3.32. The van der Waals surface area contributed by atoms with Crippen molar-refractivity contribution < 1.29 is 32.1 Å². The van der Waals surface area contributed by atoms with E-state index in [-0.39, 0.29) is 12.4 Å². The fourth-order valence-electron chi connectivity index (χ4n) is 3.84. The Labute approximate surface area is 201 Å². The number of hydrogen-bond donors (Lipinski definition) is 2. The average Bonchev–Trinajstić information content (AvgIpc) is 3.25. The number of cyclic esters (lactones) is 1. The van der Waals surface area contributed by atoms with Crippen LogP contribution in [-0.4, -0.2) is 52.8 Å². The number of nitrogens with zero attached hydrogens (tertiary/aromatic N) is 2. The Morgan fingerprint density at radius 2 is 1.94 bits per heavy atom. The van der Waals surface area contributed by atoms with E-state index in [0.29, 0.717) is 12.2 Å². The van der Waals surface area contributed by atoms with Crippen LogP contribution < -0.4 is 20.6 Å². The summed E-state index contributed by atoms with van der Waals surface area (Å²) in [4.78, 5) is 28.2. The molecule has 3 heterocycles. The molecular formula is C22H27F2N4O6P. The first-order valence-electron chi connectivity index (χ1n) is 11.0. The highest BCUT2D eigenvalue weighted by Gasteiger charge is 2.52. The van der Waals surface area contributed by atoms with Gasteiger partial charge in [0.2, 0.25) is 6.23 Å². The van der Waals surface area contributed by atoms with E-state index >= 15 is 0 Å². The molecule has 2 aromatic rings. The van der Waals surface area contributed by atoms with E-state index in [1.807, 2.05) is 6.07 Å². The lowest BCUT2D eigenvalue weighted by Crippen LogP contribution is -2.35.